The zero-order chi connectivity index (χ0) is 12.1. The van der Waals surface area contributed by atoms with Crippen LogP contribution in [-0.2, 0) is 0 Å². The van der Waals surface area contributed by atoms with Crippen molar-refractivity contribution in [2.24, 2.45) is 0 Å². The van der Waals surface area contributed by atoms with Crippen molar-refractivity contribution in [2.45, 2.75) is 6.92 Å². The molecule has 1 heterocycles. The molecule has 0 aliphatic heterocycles. The predicted octanol–water partition coefficient (Wildman–Crippen LogP) is 1.33. The zero-order valence-corrected chi connectivity index (χ0v) is 10.5. The Labute approximate surface area is 101 Å². The van der Waals surface area contributed by atoms with Gasteiger partial charge in [-0.2, -0.15) is 0 Å². The average Bonchev–Trinajstić information content (AvgIpc) is 2.16. The first-order chi connectivity index (χ1) is 7.50. The third-order valence-electron chi connectivity index (χ3n) is 2.08. The van der Waals surface area contributed by atoms with E-state index >= 15 is 0 Å². The standard InChI is InChI=1S/C11H16ClN3O/c1-8-4-5-9(10(12)14-8)11(16)13-6-7-15(2)3/h4-5H,6-7H2,1-3H3,(H,13,16). The maximum absolute atomic E-state index is 11.7. The highest BCUT2D eigenvalue weighted by Crippen LogP contribution is 2.13. The topological polar surface area (TPSA) is 45.2 Å². The van der Waals surface area contributed by atoms with E-state index in [9.17, 15) is 4.79 Å². The van der Waals surface area contributed by atoms with Crippen molar-refractivity contribution in [1.82, 2.24) is 15.2 Å². The quantitative estimate of drug-likeness (QED) is 0.810. The number of nitrogens with zero attached hydrogens (tertiary/aromatic N) is 2. The van der Waals surface area contributed by atoms with Crippen molar-refractivity contribution < 1.29 is 4.79 Å². The molecule has 0 saturated heterocycles. The summed E-state index contributed by atoms with van der Waals surface area (Å²) in [5, 5.41) is 3.04. The second-order valence-electron chi connectivity index (χ2n) is 3.85. The second kappa shape index (κ2) is 5.82. The zero-order valence-electron chi connectivity index (χ0n) is 9.75. The normalized spacial score (nSPS) is 10.6. The maximum Gasteiger partial charge on any atom is 0.254 e. The fourth-order valence-corrected chi connectivity index (χ4v) is 1.46. The average molecular weight is 242 g/mol. The largest absolute Gasteiger partial charge is 0.351 e. The van der Waals surface area contributed by atoms with Crippen LogP contribution >= 0.6 is 11.6 Å². The van der Waals surface area contributed by atoms with Crippen LogP contribution in [0.4, 0.5) is 0 Å². The van der Waals surface area contributed by atoms with Crippen LogP contribution in [0.2, 0.25) is 5.15 Å². The number of aromatic nitrogens is 1. The van der Waals surface area contributed by atoms with Crippen molar-refractivity contribution in [3.63, 3.8) is 0 Å². The number of carbonyl (C=O) groups excluding carboxylic acids is 1. The molecule has 1 amide bonds. The van der Waals surface area contributed by atoms with Gasteiger partial charge in [-0.25, -0.2) is 4.98 Å². The lowest BCUT2D eigenvalue weighted by Crippen LogP contribution is -2.31. The van der Waals surface area contributed by atoms with Gasteiger partial charge < -0.3 is 10.2 Å². The summed E-state index contributed by atoms with van der Waals surface area (Å²) in [4.78, 5) is 17.7. The molecular weight excluding hydrogens is 226 g/mol. The fraction of sp³-hybridized carbons (Fsp3) is 0.455. The Kier molecular flexibility index (Phi) is 4.71. The van der Waals surface area contributed by atoms with E-state index in [0.717, 1.165) is 12.2 Å². The molecular formula is C11H16ClN3O. The van der Waals surface area contributed by atoms with Crippen LogP contribution in [0.25, 0.3) is 0 Å². The molecule has 0 unspecified atom stereocenters. The Morgan fingerprint density at radius 1 is 1.50 bits per heavy atom. The van der Waals surface area contributed by atoms with Crippen LogP contribution in [0, 0.1) is 6.92 Å². The number of carbonyl (C=O) groups is 1. The van der Waals surface area contributed by atoms with Gasteiger partial charge in [-0.3, -0.25) is 4.79 Å². The van der Waals surface area contributed by atoms with Crippen LogP contribution < -0.4 is 5.32 Å². The van der Waals surface area contributed by atoms with Gasteiger partial charge in [0.05, 0.1) is 5.56 Å². The van der Waals surface area contributed by atoms with Gasteiger partial charge in [-0.15, -0.1) is 0 Å². The molecule has 0 aliphatic rings. The minimum absolute atomic E-state index is 0.181. The van der Waals surface area contributed by atoms with Crippen LogP contribution in [0.5, 0.6) is 0 Å². The van der Waals surface area contributed by atoms with Gasteiger partial charge in [0.2, 0.25) is 0 Å². The van der Waals surface area contributed by atoms with Gasteiger partial charge in [-0.1, -0.05) is 11.6 Å². The molecule has 0 bridgehead atoms. The molecule has 0 fully saturated rings. The smallest absolute Gasteiger partial charge is 0.254 e. The fourth-order valence-electron chi connectivity index (χ4n) is 1.18. The number of nitrogens with one attached hydrogen (secondary N) is 1. The van der Waals surface area contributed by atoms with Crippen molar-refractivity contribution >= 4 is 17.5 Å². The minimum atomic E-state index is -0.181. The van der Waals surface area contributed by atoms with Crippen LogP contribution in [0.3, 0.4) is 0 Å². The van der Waals surface area contributed by atoms with Gasteiger partial charge in [0, 0.05) is 18.8 Å². The molecule has 16 heavy (non-hydrogen) atoms. The van der Waals surface area contributed by atoms with E-state index in [-0.39, 0.29) is 11.1 Å². The molecule has 1 rings (SSSR count). The number of pyridine rings is 1. The summed E-state index contributed by atoms with van der Waals surface area (Å²) < 4.78 is 0. The summed E-state index contributed by atoms with van der Waals surface area (Å²) in [5.74, 6) is -0.181. The summed E-state index contributed by atoms with van der Waals surface area (Å²) in [6.45, 7) is 3.22. The van der Waals surface area contributed by atoms with Gasteiger partial charge in [-0.05, 0) is 33.2 Å². The molecule has 0 saturated carbocycles. The van der Waals surface area contributed by atoms with Gasteiger partial charge in [0.25, 0.3) is 5.91 Å². The lowest BCUT2D eigenvalue weighted by Gasteiger charge is -2.10. The lowest BCUT2D eigenvalue weighted by molar-refractivity contribution is 0.0951. The molecule has 1 N–H and O–H groups in total. The molecule has 0 aliphatic carbocycles. The van der Waals surface area contributed by atoms with Crippen molar-refractivity contribution in [1.29, 1.82) is 0 Å². The number of amides is 1. The van der Waals surface area contributed by atoms with E-state index in [0.29, 0.717) is 12.1 Å². The SMILES string of the molecule is Cc1ccc(C(=O)NCCN(C)C)c(Cl)n1. The number of halogens is 1. The monoisotopic (exact) mass is 241 g/mol. The Bertz CT molecular complexity index is 379. The van der Waals surface area contributed by atoms with Crippen molar-refractivity contribution in [3.05, 3.63) is 28.5 Å². The van der Waals surface area contributed by atoms with Crippen LogP contribution in [0.15, 0.2) is 12.1 Å². The van der Waals surface area contributed by atoms with Gasteiger partial charge >= 0.3 is 0 Å². The van der Waals surface area contributed by atoms with E-state index < -0.39 is 0 Å². The summed E-state index contributed by atoms with van der Waals surface area (Å²) >= 11 is 5.88. The third-order valence-corrected chi connectivity index (χ3v) is 2.37. The van der Waals surface area contributed by atoms with Crippen molar-refractivity contribution in [3.8, 4) is 0 Å². The molecule has 0 atom stereocenters. The number of likely N-dealkylation sites (N-methyl/N-ethyl adjacent to an activating group) is 1. The maximum atomic E-state index is 11.7. The summed E-state index contributed by atoms with van der Waals surface area (Å²) in [7, 11) is 3.90. The molecule has 0 aromatic carbocycles. The molecule has 4 nitrogen and oxygen atoms in total. The van der Waals surface area contributed by atoms with E-state index in [1.807, 2.05) is 25.9 Å². The van der Waals surface area contributed by atoms with Gasteiger partial charge in [0.1, 0.15) is 5.15 Å². The van der Waals surface area contributed by atoms with E-state index in [1.54, 1.807) is 12.1 Å². The second-order valence-corrected chi connectivity index (χ2v) is 4.21. The summed E-state index contributed by atoms with van der Waals surface area (Å²) in [6.07, 6.45) is 0. The predicted molar refractivity (Wildman–Crippen MR) is 64.9 cm³/mol. The molecule has 1 aromatic rings. The first kappa shape index (κ1) is 12.9. The minimum Gasteiger partial charge on any atom is -0.351 e. The van der Waals surface area contributed by atoms with Crippen LogP contribution in [-0.4, -0.2) is 43.0 Å². The summed E-state index contributed by atoms with van der Waals surface area (Å²) in [6, 6.07) is 3.46. The highest BCUT2D eigenvalue weighted by Gasteiger charge is 2.10. The Morgan fingerprint density at radius 2 is 2.19 bits per heavy atom. The lowest BCUT2D eigenvalue weighted by atomic mass is 10.2. The van der Waals surface area contributed by atoms with Crippen molar-refractivity contribution in [2.75, 3.05) is 27.2 Å². The Morgan fingerprint density at radius 3 is 2.75 bits per heavy atom. The summed E-state index contributed by atoms with van der Waals surface area (Å²) in [5.41, 5.74) is 1.22. The highest BCUT2D eigenvalue weighted by atomic mass is 35.5. The number of aryl methyl sites for hydroxylation is 1. The molecule has 0 radical (unpaired) electrons. The first-order valence-electron chi connectivity index (χ1n) is 5.07. The number of rotatable bonds is 4. The molecule has 88 valence electrons. The third kappa shape index (κ3) is 3.79. The van der Waals surface area contributed by atoms with Gasteiger partial charge in [0.15, 0.2) is 0 Å². The van der Waals surface area contributed by atoms with E-state index in [1.165, 1.54) is 0 Å². The number of hydrogen-bond donors (Lipinski definition) is 1. The van der Waals surface area contributed by atoms with E-state index in [2.05, 4.69) is 10.3 Å². The highest BCUT2D eigenvalue weighted by molar-refractivity contribution is 6.32. The molecule has 1 aromatic heterocycles. The molecule has 0 spiro atoms. The molecule has 5 heteroatoms. The van der Waals surface area contributed by atoms with E-state index in [4.69, 9.17) is 11.6 Å². The number of hydrogen-bond acceptors (Lipinski definition) is 3. The Hall–Kier alpha value is -1.13. The first-order valence-corrected chi connectivity index (χ1v) is 5.44. The Balaban J connectivity index is 2.59. The van der Waals surface area contributed by atoms with Crippen LogP contribution in [0.1, 0.15) is 16.1 Å².